The van der Waals surface area contributed by atoms with E-state index in [-0.39, 0.29) is 5.41 Å². The zero-order valence-corrected chi connectivity index (χ0v) is 14.9. The molecule has 0 radical (unpaired) electrons. The molecule has 114 valence electrons. The molecule has 0 aromatic carbocycles. The van der Waals surface area contributed by atoms with Crippen LogP contribution >= 0.6 is 27.3 Å². The van der Waals surface area contributed by atoms with E-state index in [0.29, 0.717) is 0 Å². The number of thiophene rings is 1. The fraction of sp³-hybridized carbons (Fsp3) is 0.733. The quantitative estimate of drug-likeness (QED) is 0.719. The van der Waals surface area contributed by atoms with Crippen molar-refractivity contribution in [3.05, 3.63) is 20.8 Å². The van der Waals surface area contributed by atoms with Gasteiger partial charge in [-0.05, 0) is 59.4 Å². The summed E-state index contributed by atoms with van der Waals surface area (Å²) in [6.07, 6.45) is 2.36. The smallest absolute Gasteiger partial charge is 0.0701 e. The van der Waals surface area contributed by atoms with Gasteiger partial charge < -0.3 is 15.0 Å². The Labute approximate surface area is 134 Å². The highest BCUT2D eigenvalue weighted by Gasteiger charge is 2.35. The molecule has 1 atom stereocenters. The van der Waals surface area contributed by atoms with Gasteiger partial charge in [0.1, 0.15) is 0 Å². The summed E-state index contributed by atoms with van der Waals surface area (Å²) in [6.45, 7) is 8.29. The minimum absolute atomic E-state index is 0.289. The molecule has 20 heavy (non-hydrogen) atoms. The summed E-state index contributed by atoms with van der Waals surface area (Å²) in [5.74, 6) is 0. The number of ether oxygens (including phenoxy) is 1. The Morgan fingerprint density at radius 2 is 2.40 bits per heavy atom. The van der Waals surface area contributed by atoms with Crippen LogP contribution < -0.4 is 5.32 Å². The summed E-state index contributed by atoms with van der Waals surface area (Å²) in [6, 6.07) is 2.22. The van der Waals surface area contributed by atoms with Crippen molar-refractivity contribution in [3.8, 4) is 0 Å². The van der Waals surface area contributed by atoms with Gasteiger partial charge in [0.05, 0.1) is 10.4 Å². The van der Waals surface area contributed by atoms with Crippen LogP contribution in [-0.2, 0) is 11.3 Å². The van der Waals surface area contributed by atoms with E-state index >= 15 is 0 Å². The number of hydrogen-bond acceptors (Lipinski definition) is 4. The Morgan fingerprint density at radius 1 is 1.55 bits per heavy atom. The summed E-state index contributed by atoms with van der Waals surface area (Å²) in [5.41, 5.74) is 1.68. The third kappa shape index (κ3) is 4.81. The molecule has 3 nitrogen and oxygen atoms in total. The predicted octanol–water partition coefficient (Wildman–Crippen LogP) is 3.35. The third-order valence-corrected chi connectivity index (χ3v) is 5.34. The maximum absolute atomic E-state index is 5.67. The lowest BCUT2D eigenvalue weighted by atomic mass is 9.86. The van der Waals surface area contributed by atoms with Gasteiger partial charge in [-0.1, -0.05) is 6.92 Å². The van der Waals surface area contributed by atoms with E-state index < -0.39 is 0 Å². The Balaban J connectivity index is 1.86. The van der Waals surface area contributed by atoms with Gasteiger partial charge in [-0.25, -0.2) is 0 Å². The van der Waals surface area contributed by atoms with Crippen molar-refractivity contribution in [2.45, 2.75) is 26.3 Å². The maximum atomic E-state index is 5.67. The van der Waals surface area contributed by atoms with E-state index in [2.05, 4.69) is 51.6 Å². The molecule has 1 aromatic heterocycles. The van der Waals surface area contributed by atoms with E-state index in [0.717, 1.165) is 39.4 Å². The van der Waals surface area contributed by atoms with Crippen LogP contribution in [-0.4, -0.2) is 44.8 Å². The van der Waals surface area contributed by atoms with Gasteiger partial charge >= 0.3 is 0 Å². The fourth-order valence-corrected chi connectivity index (χ4v) is 4.07. The Hall–Kier alpha value is 0.0600. The minimum atomic E-state index is 0.289. The fourth-order valence-electron chi connectivity index (χ4n) is 2.87. The van der Waals surface area contributed by atoms with Crippen molar-refractivity contribution >= 4 is 27.3 Å². The van der Waals surface area contributed by atoms with Gasteiger partial charge in [-0.3, -0.25) is 0 Å². The molecular formula is C15H25BrN2OS. The normalized spacial score (nSPS) is 22.8. The van der Waals surface area contributed by atoms with E-state index in [1.807, 2.05) is 0 Å². The average molecular weight is 361 g/mol. The number of halogens is 1. The molecule has 0 saturated carbocycles. The zero-order valence-electron chi connectivity index (χ0n) is 12.5. The van der Waals surface area contributed by atoms with Crippen molar-refractivity contribution in [1.82, 2.24) is 10.2 Å². The van der Waals surface area contributed by atoms with Crippen LogP contribution in [0.15, 0.2) is 15.2 Å². The van der Waals surface area contributed by atoms with Crippen LogP contribution in [0.25, 0.3) is 0 Å². The molecule has 1 aliphatic rings. The molecule has 0 spiro atoms. The highest BCUT2D eigenvalue weighted by atomic mass is 79.9. The van der Waals surface area contributed by atoms with Crippen LogP contribution in [0.4, 0.5) is 0 Å². The topological polar surface area (TPSA) is 24.5 Å². The second-order valence-corrected chi connectivity index (χ2v) is 8.20. The highest BCUT2D eigenvalue weighted by Crippen LogP contribution is 2.30. The van der Waals surface area contributed by atoms with Gasteiger partial charge in [0.2, 0.25) is 0 Å². The molecule has 1 aromatic rings. The van der Waals surface area contributed by atoms with Crippen LogP contribution in [0.5, 0.6) is 0 Å². The second kappa shape index (κ2) is 7.90. The van der Waals surface area contributed by atoms with Gasteiger partial charge in [0.25, 0.3) is 0 Å². The molecule has 2 heterocycles. The van der Waals surface area contributed by atoms with Crippen LogP contribution in [0.2, 0.25) is 0 Å². The van der Waals surface area contributed by atoms with Gasteiger partial charge in [0, 0.05) is 31.7 Å². The SMILES string of the molecule is CCCNCC1(CN(C)Cc2csc(Br)c2)CCOC1. The van der Waals surface area contributed by atoms with E-state index in [9.17, 15) is 0 Å². The summed E-state index contributed by atoms with van der Waals surface area (Å²) < 4.78 is 6.89. The lowest BCUT2D eigenvalue weighted by Crippen LogP contribution is -2.43. The first kappa shape index (κ1) is 16.4. The molecule has 2 rings (SSSR count). The number of rotatable bonds is 8. The molecule has 0 aliphatic carbocycles. The van der Waals surface area contributed by atoms with Crippen LogP contribution in [0.1, 0.15) is 25.3 Å². The second-order valence-electron chi connectivity index (χ2n) is 5.91. The number of hydrogen-bond donors (Lipinski definition) is 1. The minimum Gasteiger partial charge on any atom is -0.381 e. The Kier molecular flexibility index (Phi) is 6.49. The van der Waals surface area contributed by atoms with Gasteiger partial charge in [-0.2, -0.15) is 0 Å². The lowest BCUT2D eigenvalue weighted by Gasteiger charge is -2.32. The number of nitrogens with zero attached hydrogens (tertiary/aromatic N) is 1. The lowest BCUT2D eigenvalue weighted by molar-refractivity contribution is 0.116. The van der Waals surface area contributed by atoms with Gasteiger partial charge in [0.15, 0.2) is 0 Å². The molecule has 1 unspecified atom stereocenters. The molecule has 5 heteroatoms. The third-order valence-electron chi connectivity index (χ3n) is 3.79. The largest absolute Gasteiger partial charge is 0.381 e. The van der Waals surface area contributed by atoms with Crippen molar-refractivity contribution < 1.29 is 4.74 Å². The number of nitrogens with one attached hydrogen (secondary N) is 1. The summed E-state index contributed by atoms with van der Waals surface area (Å²) >= 11 is 5.29. The summed E-state index contributed by atoms with van der Waals surface area (Å²) in [7, 11) is 2.21. The van der Waals surface area contributed by atoms with Gasteiger partial charge in [-0.15, -0.1) is 11.3 Å². The Bertz CT molecular complexity index is 404. The monoisotopic (exact) mass is 360 g/mol. The Morgan fingerprint density at radius 3 is 3.00 bits per heavy atom. The van der Waals surface area contributed by atoms with Crippen LogP contribution in [0.3, 0.4) is 0 Å². The van der Waals surface area contributed by atoms with Crippen molar-refractivity contribution in [3.63, 3.8) is 0 Å². The molecule has 1 aliphatic heterocycles. The molecular weight excluding hydrogens is 336 g/mol. The van der Waals surface area contributed by atoms with Crippen molar-refractivity contribution in [1.29, 1.82) is 0 Å². The molecule has 0 amide bonds. The first-order chi connectivity index (χ1) is 9.63. The standard InChI is InChI=1S/C15H25BrN2OS/c1-3-5-17-10-15(4-6-19-12-15)11-18(2)8-13-7-14(16)20-9-13/h7,9,17H,3-6,8,10-12H2,1-2H3. The zero-order chi connectivity index (χ0) is 14.4. The average Bonchev–Trinajstić information content (AvgIpc) is 3.00. The molecule has 1 saturated heterocycles. The van der Waals surface area contributed by atoms with Crippen LogP contribution in [0, 0.1) is 5.41 Å². The highest BCUT2D eigenvalue weighted by molar-refractivity contribution is 9.11. The predicted molar refractivity (Wildman–Crippen MR) is 89.4 cm³/mol. The summed E-state index contributed by atoms with van der Waals surface area (Å²) in [4.78, 5) is 2.43. The van der Waals surface area contributed by atoms with Crippen molar-refractivity contribution in [2.75, 3.05) is 39.9 Å². The van der Waals surface area contributed by atoms with E-state index in [1.165, 1.54) is 22.2 Å². The molecule has 1 fully saturated rings. The molecule has 0 bridgehead atoms. The van der Waals surface area contributed by atoms with E-state index in [1.54, 1.807) is 11.3 Å². The van der Waals surface area contributed by atoms with E-state index in [4.69, 9.17) is 4.74 Å². The molecule has 1 N–H and O–H groups in total. The first-order valence-electron chi connectivity index (χ1n) is 7.33. The first-order valence-corrected chi connectivity index (χ1v) is 9.01. The maximum Gasteiger partial charge on any atom is 0.0701 e. The summed E-state index contributed by atoms with van der Waals surface area (Å²) in [5, 5.41) is 5.81. The van der Waals surface area contributed by atoms with Crippen molar-refractivity contribution in [2.24, 2.45) is 5.41 Å².